The van der Waals surface area contributed by atoms with Crippen molar-refractivity contribution >= 4 is 250 Å². The lowest BCUT2D eigenvalue weighted by atomic mass is 9.85. The lowest BCUT2D eigenvalue weighted by Crippen LogP contribution is -2.10. The van der Waals surface area contributed by atoms with E-state index in [2.05, 4.69) is 483 Å². The maximum atomic E-state index is 2.63. The summed E-state index contributed by atoms with van der Waals surface area (Å²) >= 11 is 0. The van der Waals surface area contributed by atoms with E-state index in [0.717, 1.165) is 91.2 Å². The number of nitrogens with zero attached hydrogens (tertiary/aromatic N) is 4. The monoisotopic (exact) mass is 1840 g/mol. The third kappa shape index (κ3) is 14.2. The van der Waals surface area contributed by atoms with Gasteiger partial charge in [0.2, 0.25) is 0 Å². The van der Waals surface area contributed by atoms with Crippen LogP contribution in [0.2, 0.25) is 0 Å². The minimum absolute atomic E-state index is 0.490. The molecule has 0 N–H and O–H groups in total. The predicted molar refractivity (Wildman–Crippen MR) is 623 cm³/mol. The second kappa shape index (κ2) is 34.8. The van der Waals surface area contributed by atoms with Crippen molar-refractivity contribution in [1.29, 1.82) is 0 Å². The summed E-state index contributed by atoms with van der Waals surface area (Å²) in [6.45, 7) is 7.17. The van der Waals surface area contributed by atoms with E-state index < -0.39 is 0 Å². The summed E-state index contributed by atoms with van der Waals surface area (Å²) < 4.78 is 5.03. The molecule has 0 aliphatic carbocycles. The van der Waals surface area contributed by atoms with Crippen molar-refractivity contribution < 1.29 is 0 Å². The molecule has 2 aromatic heterocycles. The Balaban J connectivity index is 0.555. The average Bonchev–Trinajstić information content (AvgIpc) is 1.40. The zero-order valence-corrected chi connectivity index (χ0v) is 81.4. The fourth-order valence-corrected chi connectivity index (χ4v) is 25.4. The number of aromatic nitrogens is 2. The molecule has 4 nitrogen and oxygen atoms in total. The fraction of sp³-hybridized carbons (Fsp3) is 0.114. The predicted octanol–water partition coefficient (Wildman–Crippen LogP) is 40.0. The van der Waals surface area contributed by atoms with Gasteiger partial charge in [-0.25, -0.2) is 0 Å². The maximum Gasteiger partial charge on any atom is 0.0547 e. The molecule has 2 heterocycles. The Kier molecular flexibility index (Phi) is 20.6. The molecule has 4 heteroatoms. The molecule has 0 saturated carbocycles. The number of anilines is 6. The highest BCUT2D eigenvalue weighted by molar-refractivity contribution is 6.37. The Bertz CT molecular complexity index is 10000. The fourth-order valence-electron chi connectivity index (χ4n) is 25.4. The molecule has 28 rings (SSSR count). The molecule has 28 aromatic rings. The number of hydrogen-bond donors (Lipinski definition) is 0. The van der Waals surface area contributed by atoms with Crippen LogP contribution in [-0.2, 0) is 19.3 Å². The topological polar surface area (TPSA) is 16.3 Å². The van der Waals surface area contributed by atoms with E-state index in [0.29, 0.717) is 11.8 Å². The van der Waals surface area contributed by atoms with E-state index in [1.54, 1.807) is 0 Å². The van der Waals surface area contributed by atoms with E-state index in [4.69, 9.17) is 0 Å². The van der Waals surface area contributed by atoms with Gasteiger partial charge in [0.15, 0.2) is 0 Å². The molecule has 0 aliphatic heterocycles. The summed E-state index contributed by atoms with van der Waals surface area (Å²) in [7, 11) is 0. The highest BCUT2D eigenvalue weighted by Crippen LogP contribution is 2.52. The third-order valence-corrected chi connectivity index (χ3v) is 32.6. The molecular weight excluding hydrogens is 1740 g/mol. The van der Waals surface area contributed by atoms with E-state index >= 15 is 0 Å². The van der Waals surface area contributed by atoms with Crippen LogP contribution in [0.4, 0.5) is 34.1 Å². The second-order valence-electron chi connectivity index (χ2n) is 40.9. The molecule has 0 spiro atoms. The molecule has 0 aliphatic rings. The SMILES string of the molecule is CCCCC(CC)Cc1ccc2c(c1)c1cc3c4ccc(N(c5ccc6ccccc6c5)c5ccc6ccccc6c5)cc4c4ccc(CC(CC)CCCCc5cccc(-n6c7ccccc7c7cc8c9ccccc9c9cc%10c(cc9c8cc76)c6ccccc6c6cc7c8ccccc8n(-c8ccccc8)c7cc%106)c5)cc4c3cc1c1ccc(N(c3ccc4ccccc4c3)c3ccc4ccccc4c3)cc21. The van der Waals surface area contributed by atoms with Crippen LogP contribution in [0.25, 0.3) is 227 Å². The Morgan fingerprint density at radius 3 is 0.868 bits per heavy atom. The van der Waals surface area contributed by atoms with E-state index in [-0.39, 0.29) is 0 Å². The maximum absolute atomic E-state index is 2.63. The number of para-hydroxylation sites is 3. The van der Waals surface area contributed by atoms with Crippen molar-refractivity contribution in [2.45, 2.75) is 91.4 Å². The van der Waals surface area contributed by atoms with Crippen LogP contribution < -0.4 is 9.80 Å². The highest BCUT2D eigenvalue weighted by Gasteiger charge is 2.27. The molecule has 0 radical (unpaired) electrons. The van der Waals surface area contributed by atoms with Gasteiger partial charge in [-0.15, -0.1) is 0 Å². The summed E-state index contributed by atoms with van der Waals surface area (Å²) in [5, 5.41) is 45.4. The third-order valence-electron chi connectivity index (χ3n) is 32.6. The molecule has 2 unspecified atom stereocenters. The molecule has 2 atom stereocenters. The molecule has 0 bridgehead atoms. The van der Waals surface area contributed by atoms with E-state index in [1.807, 2.05) is 0 Å². The van der Waals surface area contributed by atoms with Gasteiger partial charge in [-0.2, -0.15) is 0 Å². The van der Waals surface area contributed by atoms with Gasteiger partial charge < -0.3 is 18.9 Å². The lowest BCUT2D eigenvalue weighted by molar-refractivity contribution is 0.444. The summed E-state index contributed by atoms with van der Waals surface area (Å²) in [6.07, 6.45) is 12.4. The lowest BCUT2D eigenvalue weighted by Gasteiger charge is -2.27. The smallest absolute Gasteiger partial charge is 0.0547 e. The van der Waals surface area contributed by atoms with Gasteiger partial charge in [0.05, 0.1) is 22.1 Å². The van der Waals surface area contributed by atoms with Crippen LogP contribution in [-0.4, -0.2) is 9.13 Å². The molecule has 0 fully saturated rings. The first kappa shape index (κ1) is 85.1. The molecule has 686 valence electrons. The van der Waals surface area contributed by atoms with Crippen molar-refractivity contribution in [3.05, 3.63) is 460 Å². The summed E-state index contributed by atoms with van der Waals surface area (Å²) in [6, 6.07) is 170. The second-order valence-corrected chi connectivity index (χ2v) is 40.9. The van der Waals surface area contributed by atoms with Gasteiger partial charge in [0, 0.05) is 67.0 Å². The highest BCUT2D eigenvalue weighted by atomic mass is 15.1. The van der Waals surface area contributed by atoms with Crippen molar-refractivity contribution in [2.24, 2.45) is 11.8 Å². The standard InChI is InChI=1S/C140H106N4/c1-4-7-30-88(5-2)69-91-53-65-113-119(72-91)129-82-126-116-68-64-108(142(105-61-57-95-36-15-19-40-99(95)76-105)106-62-58-96-37-16-20-41-100(96)77-106)79-122(116)114-66-54-92(73-120(114)130(126)83-125(129)115-67-63-107(78-121(113)115)141(103-59-55-93-34-13-17-38-97(93)74-103)104-60-56-94-35-14-18-39-98(94)75-104)70-89(6-3)31-11-12-32-90-33-29-44-102(71-90)144-138-52-28-26-50-118(138)136-85-128-112-48-24-22-46-110(112)124-80-131-123(81-132(124)134(128)87-140(136)144)109-45-21-23-47-111(109)127-84-135-117-49-25-27-51-137(117)143(139(135)86-133(127)131)101-42-9-8-10-43-101/h8-10,13-29,33-68,71-89H,4-7,11-12,30-32,69-70H2,1-3H3. The molecule has 144 heavy (non-hydrogen) atoms. The van der Waals surface area contributed by atoms with Crippen molar-refractivity contribution in [3.63, 3.8) is 0 Å². The largest absolute Gasteiger partial charge is 0.310 e. The van der Waals surface area contributed by atoms with Gasteiger partial charge in [-0.3, -0.25) is 0 Å². The number of fused-ring (bicyclic) bond motifs is 34. The molecule has 0 saturated heterocycles. The first-order chi connectivity index (χ1) is 71.2. The first-order valence-corrected chi connectivity index (χ1v) is 52.2. The van der Waals surface area contributed by atoms with Crippen LogP contribution in [0.1, 0.15) is 88.8 Å². The van der Waals surface area contributed by atoms with Gasteiger partial charge in [-0.05, 0) is 384 Å². The van der Waals surface area contributed by atoms with Crippen LogP contribution in [0.5, 0.6) is 0 Å². The van der Waals surface area contributed by atoms with Gasteiger partial charge >= 0.3 is 0 Å². The van der Waals surface area contributed by atoms with Gasteiger partial charge in [-0.1, -0.05) is 351 Å². The van der Waals surface area contributed by atoms with Crippen molar-refractivity contribution in [3.8, 4) is 11.4 Å². The van der Waals surface area contributed by atoms with E-state index in [1.165, 1.54) is 258 Å². The minimum Gasteiger partial charge on any atom is -0.310 e. The number of aryl methyl sites for hydroxylation is 1. The van der Waals surface area contributed by atoms with Crippen molar-refractivity contribution in [2.75, 3.05) is 9.80 Å². The zero-order valence-electron chi connectivity index (χ0n) is 81.4. The average molecular weight is 1840 g/mol. The number of unbranched alkanes of at least 4 members (excludes halogenated alkanes) is 2. The number of rotatable bonds is 22. The summed E-state index contributed by atoms with van der Waals surface area (Å²) in [4.78, 5) is 4.98. The minimum atomic E-state index is 0.490. The Morgan fingerprint density at radius 1 is 0.181 bits per heavy atom. The van der Waals surface area contributed by atoms with Crippen LogP contribution in [0.15, 0.2) is 443 Å². The summed E-state index contributed by atoms with van der Waals surface area (Å²) in [5.41, 5.74) is 18.1. The normalized spacial score (nSPS) is 12.7. The Hall–Kier alpha value is -16.9. The van der Waals surface area contributed by atoms with Crippen molar-refractivity contribution in [1.82, 2.24) is 9.13 Å². The van der Waals surface area contributed by atoms with Crippen LogP contribution in [0, 0.1) is 11.8 Å². The Morgan fingerprint density at radius 2 is 0.472 bits per heavy atom. The van der Waals surface area contributed by atoms with Gasteiger partial charge in [0.1, 0.15) is 0 Å². The number of hydrogen-bond acceptors (Lipinski definition) is 2. The molecule has 0 amide bonds. The van der Waals surface area contributed by atoms with Crippen LogP contribution in [0.3, 0.4) is 0 Å². The number of benzene rings is 26. The molecule has 26 aromatic carbocycles. The zero-order chi connectivity index (χ0) is 95.3. The van der Waals surface area contributed by atoms with Crippen LogP contribution >= 0.6 is 0 Å². The Labute approximate surface area is 837 Å². The quantitative estimate of drug-likeness (QED) is 0.0382. The molecular formula is C140H106N4. The van der Waals surface area contributed by atoms with Gasteiger partial charge in [0.25, 0.3) is 0 Å². The first-order valence-electron chi connectivity index (χ1n) is 52.2. The summed E-state index contributed by atoms with van der Waals surface area (Å²) in [5.74, 6) is 1.10. The van der Waals surface area contributed by atoms with E-state index in [9.17, 15) is 0 Å².